The molecule has 2 aromatic rings. The number of carboxylic acids is 1. The van der Waals surface area contributed by atoms with Crippen LogP contribution in [0.2, 0.25) is 0 Å². The second-order valence-electron chi connectivity index (χ2n) is 5.22. The van der Waals surface area contributed by atoms with E-state index >= 15 is 0 Å². The molecule has 1 N–H and O–H groups in total. The summed E-state index contributed by atoms with van der Waals surface area (Å²) in [5.41, 5.74) is -0.0626. The highest BCUT2D eigenvalue weighted by molar-refractivity contribution is 5.88. The topological polar surface area (TPSA) is 92.8 Å². The van der Waals surface area contributed by atoms with Crippen LogP contribution < -0.4 is 5.56 Å². The molecule has 7 nitrogen and oxygen atoms in total. The molecule has 0 unspecified atom stereocenters. The van der Waals surface area contributed by atoms with Gasteiger partial charge in [-0.1, -0.05) is 6.07 Å². The molecular formula is C16H18N2O5. The normalized spacial score (nSPS) is 10.5. The van der Waals surface area contributed by atoms with Crippen molar-refractivity contribution in [2.24, 2.45) is 0 Å². The summed E-state index contributed by atoms with van der Waals surface area (Å²) < 4.78 is 6.81. The molecule has 0 spiro atoms. The van der Waals surface area contributed by atoms with E-state index in [0.29, 0.717) is 18.1 Å². The maximum atomic E-state index is 12.1. The second-order valence-corrected chi connectivity index (χ2v) is 5.22. The van der Waals surface area contributed by atoms with Gasteiger partial charge in [0.2, 0.25) is 5.91 Å². The number of carboxylic acid groups (broad SMARTS) is 1. The lowest BCUT2D eigenvalue weighted by atomic mass is 10.2. The van der Waals surface area contributed by atoms with Crippen LogP contribution in [0.25, 0.3) is 0 Å². The smallest absolute Gasteiger partial charge is 0.339 e. The highest BCUT2D eigenvalue weighted by Crippen LogP contribution is 2.16. The van der Waals surface area contributed by atoms with Crippen LogP contribution in [0.5, 0.6) is 0 Å². The minimum Gasteiger partial charge on any atom is -0.478 e. The van der Waals surface area contributed by atoms with Gasteiger partial charge in [-0.15, -0.1) is 0 Å². The van der Waals surface area contributed by atoms with Crippen molar-refractivity contribution in [2.45, 2.75) is 26.4 Å². The number of furan rings is 1. The van der Waals surface area contributed by atoms with Crippen molar-refractivity contribution >= 4 is 11.9 Å². The van der Waals surface area contributed by atoms with Crippen molar-refractivity contribution in [1.82, 2.24) is 9.47 Å². The summed E-state index contributed by atoms with van der Waals surface area (Å²) in [5, 5.41) is 8.99. The van der Waals surface area contributed by atoms with Gasteiger partial charge in [-0.05, 0) is 19.1 Å². The van der Waals surface area contributed by atoms with E-state index in [4.69, 9.17) is 9.52 Å². The fourth-order valence-electron chi connectivity index (χ4n) is 2.21. The van der Waals surface area contributed by atoms with Crippen LogP contribution in [0.3, 0.4) is 0 Å². The Kier molecular flexibility index (Phi) is 5.00. The summed E-state index contributed by atoms with van der Waals surface area (Å²) in [7, 11) is 1.61. The van der Waals surface area contributed by atoms with Crippen LogP contribution in [0, 0.1) is 6.92 Å². The highest BCUT2D eigenvalue weighted by atomic mass is 16.4. The van der Waals surface area contributed by atoms with Gasteiger partial charge < -0.3 is 19.0 Å². The van der Waals surface area contributed by atoms with Gasteiger partial charge in [-0.25, -0.2) is 4.79 Å². The Labute approximate surface area is 132 Å². The lowest BCUT2D eigenvalue weighted by Gasteiger charge is -2.16. The minimum absolute atomic E-state index is 0.0942. The number of amides is 1. The molecule has 0 fully saturated rings. The van der Waals surface area contributed by atoms with Gasteiger partial charge in [0.15, 0.2) is 0 Å². The third kappa shape index (κ3) is 4.09. The Balaban J connectivity index is 1.95. The van der Waals surface area contributed by atoms with Gasteiger partial charge in [0.25, 0.3) is 5.56 Å². The first kappa shape index (κ1) is 16.5. The minimum atomic E-state index is -1.06. The Morgan fingerprint density at radius 3 is 2.70 bits per heavy atom. The van der Waals surface area contributed by atoms with Crippen LogP contribution in [0.1, 0.15) is 28.3 Å². The van der Waals surface area contributed by atoms with E-state index in [-0.39, 0.29) is 30.0 Å². The largest absolute Gasteiger partial charge is 0.478 e. The van der Waals surface area contributed by atoms with Crippen LogP contribution in [-0.4, -0.2) is 33.5 Å². The molecule has 0 aliphatic heterocycles. The van der Waals surface area contributed by atoms with Gasteiger partial charge >= 0.3 is 5.97 Å². The zero-order valence-electron chi connectivity index (χ0n) is 13.0. The Bertz CT molecular complexity index is 775. The van der Waals surface area contributed by atoms with Gasteiger partial charge in [0.05, 0.1) is 6.54 Å². The third-order valence-corrected chi connectivity index (χ3v) is 3.48. The number of carbonyl (C=O) groups excluding carboxylic acids is 1. The average molecular weight is 318 g/mol. The first-order valence-corrected chi connectivity index (χ1v) is 7.10. The first-order chi connectivity index (χ1) is 10.9. The van der Waals surface area contributed by atoms with Gasteiger partial charge in [0.1, 0.15) is 17.1 Å². The average Bonchev–Trinajstić information content (AvgIpc) is 2.86. The Hall–Kier alpha value is -2.83. The summed E-state index contributed by atoms with van der Waals surface area (Å²) in [5.74, 6) is -0.501. The van der Waals surface area contributed by atoms with E-state index in [9.17, 15) is 14.4 Å². The lowest BCUT2D eigenvalue weighted by molar-refractivity contribution is -0.130. The van der Waals surface area contributed by atoms with Crippen LogP contribution >= 0.6 is 0 Å². The molecule has 0 radical (unpaired) electrons. The van der Waals surface area contributed by atoms with Crippen molar-refractivity contribution < 1.29 is 19.1 Å². The molecule has 0 saturated heterocycles. The molecule has 1 amide bonds. The molecule has 2 rings (SSSR count). The summed E-state index contributed by atoms with van der Waals surface area (Å²) in [4.78, 5) is 36.1. The maximum absolute atomic E-state index is 12.1. The maximum Gasteiger partial charge on any atom is 0.339 e. The van der Waals surface area contributed by atoms with E-state index in [1.54, 1.807) is 32.3 Å². The lowest BCUT2D eigenvalue weighted by Crippen LogP contribution is -2.28. The zero-order valence-corrected chi connectivity index (χ0v) is 13.0. The van der Waals surface area contributed by atoms with Crippen molar-refractivity contribution in [3.8, 4) is 0 Å². The highest BCUT2D eigenvalue weighted by Gasteiger charge is 2.16. The number of hydrogen-bond acceptors (Lipinski definition) is 4. The first-order valence-electron chi connectivity index (χ1n) is 7.10. The SMILES string of the molecule is Cc1oc(CN(C)C(=O)CCn2ccccc2=O)cc1C(=O)O. The van der Waals surface area contributed by atoms with E-state index in [0.717, 1.165) is 0 Å². The molecule has 0 aliphatic rings. The fraction of sp³-hybridized carbons (Fsp3) is 0.312. The van der Waals surface area contributed by atoms with Gasteiger partial charge in [-0.3, -0.25) is 9.59 Å². The van der Waals surface area contributed by atoms with Crippen molar-refractivity contribution in [3.05, 3.63) is 57.9 Å². The van der Waals surface area contributed by atoms with Gasteiger partial charge in [-0.2, -0.15) is 0 Å². The second kappa shape index (κ2) is 6.95. The Morgan fingerprint density at radius 1 is 1.35 bits per heavy atom. The summed E-state index contributed by atoms with van der Waals surface area (Å²) in [6.45, 7) is 2.04. The van der Waals surface area contributed by atoms with E-state index in [1.807, 2.05) is 0 Å². The number of aryl methyl sites for hydroxylation is 2. The molecule has 0 aromatic carbocycles. The fourth-order valence-corrected chi connectivity index (χ4v) is 2.21. The molecule has 122 valence electrons. The summed E-state index contributed by atoms with van der Waals surface area (Å²) in [6, 6.07) is 6.23. The number of pyridine rings is 1. The van der Waals surface area contributed by atoms with Crippen LogP contribution in [0.4, 0.5) is 0 Å². The molecule has 0 atom stereocenters. The number of nitrogens with zero attached hydrogens (tertiary/aromatic N) is 2. The third-order valence-electron chi connectivity index (χ3n) is 3.48. The van der Waals surface area contributed by atoms with Gasteiger partial charge in [0, 0.05) is 32.3 Å². The number of carbonyl (C=O) groups is 2. The number of aromatic nitrogens is 1. The molecule has 2 aromatic heterocycles. The predicted octanol–water partition coefficient (Wildman–Crippen LogP) is 1.50. The molecule has 0 bridgehead atoms. The number of rotatable bonds is 6. The monoisotopic (exact) mass is 318 g/mol. The quantitative estimate of drug-likeness (QED) is 0.871. The molecule has 7 heteroatoms. The number of aromatic carboxylic acids is 1. The molecule has 2 heterocycles. The Morgan fingerprint density at radius 2 is 2.09 bits per heavy atom. The zero-order chi connectivity index (χ0) is 17.0. The van der Waals surface area contributed by atoms with Crippen molar-refractivity contribution in [3.63, 3.8) is 0 Å². The van der Waals surface area contributed by atoms with E-state index < -0.39 is 5.97 Å². The van der Waals surface area contributed by atoms with E-state index in [1.165, 1.54) is 21.6 Å². The van der Waals surface area contributed by atoms with Crippen molar-refractivity contribution in [2.75, 3.05) is 7.05 Å². The standard InChI is InChI=1S/C16H18N2O5/c1-11-13(16(21)22)9-12(23-11)10-17(2)14(19)6-8-18-7-4-3-5-15(18)20/h3-5,7,9H,6,8,10H2,1-2H3,(H,21,22). The van der Waals surface area contributed by atoms with Crippen molar-refractivity contribution in [1.29, 1.82) is 0 Å². The summed E-state index contributed by atoms with van der Waals surface area (Å²) in [6.07, 6.45) is 1.80. The summed E-state index contributed by atoms with van der Waals surface area (Å²) >= 11 is 0. The van der Waals surface area contributed by atoms with Crippen LogP contribution in [-0.2, 0) is 17.9 Å². The number of hydrogen-bond donors (Lipinski definition) is 1. The van der Waals surface area contributed by atoms with Crippen LogP contribution in [0.15, 0.2) is 39.7 Å². The molecule has 23 heavy (non-hydrogen) atoms. The predicted molar refractivity (Wildman–Crippen MR) is 82.2 cm³/mol. The molecule has 0 saturated carbocycles. The molecule has 0 aliphatic carbocycles. The van der Waals surface area contributed by atoms with E-state index in [2.05, 4.69) is 0 Å². The molecular weight excluding hydrogens is 300 g/mol.